The van der Waals surface area contributed by atoms with Crippen LogP contribution in [0.3, 0.4) is 0 Å². The van der Waals surface area contributed by atoms with Crippen molar-refractivity contribution in [1.82, 2.24) is 14.5 Å². The summed E-state index contributed by atoms with van der Waals surface area (Å²) in [6, 6.07) is 12.8. The zero-order valence-corrected chi connectivity index (χ0v) is 21.8. The van der Waals surface area contributed by atoms with Crippen molar-refractivity contribution in [3.05, 3.63) is 64.7 Å². The molecular formula is C25H34ClN3O4S. The van der Waals surface area contributed by atoms with Crippen molar-refractivity contribution in [3.63, 3.8) is 0 Å². The molecule has 0 spiro atoms. The molecule has 2 aromatic rings. The third kappa shape index (κ3) is 7.55. The van der Waals surface area contributed by atoms with Gasteiger partial charge < -0.3 is 10.2 Å². The van der Waals surface area contributed by atoms with Crippen LogP contribution >= 0.6 is 11.6 Å². The average Bonchev–Trinajstić information content (AvgIpc) is 2.80. The summed E-state index contributed by atoms with van der Waals surface area (Å²) in [7, 11) is -2.55. The fourth-order valence-corrected chi connectivity index (χ4v) is 4.71. The maximum Gasteiger partial charge on any atom is 0.243 e. The number of hydrogen-bond acceptors (Lipinski definition) is 4. The summed E-state index contributed by atoms with van der Waals surface area (Å²) in [5.74, 6) is -0.683. The van der Waals surface area contributed by atoms with E-state index in [0.717, 1.165) is 28.3 Å². The van der Waals surface area contributed by atoms with Gasteiger partial charge in [-0.05, 0) is 49.6 Å². The maximum atomic E-state index is 13.4. The molecule has 0 saturated heterocycles. The van der Waals surface area contributed by atoms with Crippen molar-refractivity contribution >= 4 is 33.4 Å². The number of hydrogen-bond donors (Lipinski definition) is 1. The maximum absolute atomic E-state index is 13.4. The summed E-state index contributed by atoms with van der Waals surface area (Å²) >= 11 is 5.87. The quantitative estimate of drug-likeness (QED) is 0.440. The van der Waals surface area contributed by atoms with Gasteiger partial charge in [0, 0.05) is 25.2 Å². The number of aryl methyl sites for hydroxylation is 1. The van der Waals surface area contributed by atoms with E-state index in [0.29, 0.717) is 18.0 Å². The Morgan fingerprint density at radius 1 is 1.03 bits per heavy atom. The van der Waals surface area contributed by atoms with E-state index in [2.05, 4.69) is 5.32 Å². The van der Waals surface area contributed by atoms with Crippen molar-refractivity contribution in [2.24, 2.45) is 0 Å². The molecule has 0 aliphatic rings. The van der Waals surface area contributed by atoms with Crippen molar-refractivity contribution in [2.45, 2.75) is 57.5 Å². The molecule has 0 radical (unpaired) electrons. The smallest absolute Gasteiger partial charge is 0.243 e. The minimum absolute atomic E-state index is 0.0432. The largest absolute Gasteiger partial charge is 0.354 e. The summed E-state index contributed by atoms with van der Waals surface area (Å²) in [5.41, 5.74) is 1.95. The Morgan fingerprint density at radius 2 is 1.65 bits per heavy atom. The van der Waals surface area contributed by atoms with E-state index in [9.17, 15) is 18.0 Å². The average molecular weight is 508 g/mol. The van der Waals surface area contributed by atoms with Crippen LogP contribution < -0.4 is 5.32 Å². The van der Waals surface area contributed by atoms with E-state index in [4.69, 9.17) is 11.6 Å². The fraction of sp³-hybridized carbons (Fsp3) is 0.440. The predicted molar refractivity (Wildman–Crippen MR) is 135 cm³/mol. The molecular weight excluding hydrogens is 474 g/mol. The standard InChI is InChI=1S/C25H34ClN3O4S/c1-5-7-16-27-25(31)23(6-2)29(17-20-10-8-19(3)9-11-20)24(30)18-28(4)34(32,33)22-14-12-21(26)13-15-22/h8-15,23H,5-7,16-18H2,1-4H3,(H,27,31). The number of carbonyl (C=O) groups excluding carboxylic acids is 2. The molecule has 0 saturated carbocycles. The molecule has 0 aromatic heterocycles. The second-order valence-corrected chi connectivity index (χ2v) is 10.8. The first-order chi connectivity index (χ1) is 16.1. The number of nitrogens with zero attached hydrogens (tertiary/aromatic N) is 2. The van der Waals surface area contributed by atoms with E-state index in [1.54, 1.807) is 0 Å². The van der Waals surface area contributed by atoms with E-state index in [1.165, 1.54) is 36.2 Å². The lowest BCUT2D eigenvalue weighted by molar-refractivity contribution is -0.141. The monoisotopic (exact) mass is 507 g/mol. The molecule has 9 heteroatoms. The Bertz CT molecular complexity index is 1060. The molecule has 1 N–H and O–H groups in total. The Labute approximate surface area is 208 Å². The topological polar surface area (TPSA) is 86.8 Å². The summed E-state index contributed by atoms with van der Waals surface area (Å²) in [6.07, 6.45) is 2.19. The molecule has 1 atom stereocenters. The number of likely N-dealkylation sites (N-methyl/N-ethyl adjacent to an activating group) is 1. The van der Waals surface area contributed by atoms with Gasteiger partial charge >= 0.3 is 0 Å². The van der Waals surface area contributed by atoms with Gasteiger partial charge in [0.25, 0.3) is 0 Å². The Balaban J connectivity index is 2.28. The van der Waals surface area contributed by atoms with Crippen LogP contribution in [-0.4, -0.2) is 55.6 Å². The number of carbonyl (C=O) groups is 2. The first-order valence-corrected chi connectivity index (χ1v) is 13.3. The normalized spacial score (nSPS) is 12.4. The van der Waals surface area contributed by atoms with Gasteiger partial charge in [-0.25, -0.2) is 8.42 Å². The predicted octanol–water partition coefficient (Wildman–Crippen LogP) is 3.99. The third-order valence-corrected chi connectivity index (χ3v) is 7.64. The van der Waals surface area contributed by atoms with Crippen LogP contribution in [0.15, 0.2) is 53.4 Å². The number of sulfonamides is 1. The van der Waals surface area contributed by atoms with Crippen molar-refractivity contribution < 1.29 is 18.0 Å². The second-order valence-electron chi connectivity index (χ2n) is 8.29. The summed E-state index contributed by atoms with van der Waals surface area (Å²) in [6.45, 7) is 6.19. The SMILES string of the molecule is CCCCNC(=O)C(CC)N(Cc1ccc(C)cc1)C(=O)CN(C)S(=O)(=O)c1ccc(Cl)cc1. The molecule has 0 heterocycles. The van der Waals surface area contributed by atoms with Crippen molar-refractivity contribution in [1.29, 1.82) is 0 Å². The number of rotatable bonds is 12. The van der Waals surface area contributed by atoms with Gasteiger partial charge in [-0.3, -0.25) is 9.59 Å². The molecule has 0 bridgehead atoms. The van der Waals surface area contributed by atoms with Crippen LogP contribution in [0.5, 0.6) is 0 Å². The third-order valence-electron chi connectivity index (χ3n) is 5.57. The number of amides is 2. The van der Waals surface area contributed by atoms with Gasteiger partial charge in [0.2, 0.25) is 21.8 Å². The Hall–Kier alpha value is -2.42. The van der Waals surface area contributed by atoms with E-state index in [-0.39, 0.29) is 17.3 Å². The highest BCUT2D eigenvalue weighted by molar-refractivity contribution is 7.89. The minimum Gasteiger partial charge on any atom is -0.354 e. The number of halogens is 1. The van der Waals surface area contributed by atoms with Crippen molar-refractivity contribution in [2.75, 3.05) is 20.1 Å². The molecule has 2 amide bonds. The highest BCUT2D eigenvalue weighted by atomic mass is 35.5. The number of benzene rings is 2. The molecule has 7 nitrogen and oxygen atoms in total. The van der Waals surface area contributed by atoms with Gasteiger partial charge in [-0.15, -0.1) is 0 Å². The second kappa shape index (κ2) is 12.9. The van der Waals surface area contributed by atoms with E-state index >= 15 is 0 Å². The first-order valence-electron chi connectivity index (χ1n) is 11.4. The van der Waals surface area contributed by atoms with Gasteiger partial charge in [0.1, 0.15) is 6.04 Å². The highest BCUT2D eigenvalue weighted by Crippen LogP contribution is 2.19. The highest BCUT2D eigenvalue weighted by Gasteiger charge is 2.31. The van der Waals surface area contributed by atoms with Crippen molar-refractivity contribution in [3.8, 4) is 0 Å². The van der Waals surface area contributed by atoms with Crippen LogP contribution in [0.25, 0.3) is 0 Å². The molecule has 1 unspecified atom stereocenters. The molecule has 2 rings (SSSR count). The zero-order valence-electron chi connectivity index (χ0n) is 20.3. The molecule has 0 fully saturated rings. The van der Waals surface area contributed by atoms with E-state index < -0.39 is 28.5 Å². The Morgan fingerprint density at radius 3 is 2.21 bits per heavy atom. The van der Waals surface area contributed by atoms with Crippen LogP contribution in [0.1, 0.15) is 44.2 Å². The molecule has 0 aliphatic carbocycles. The zero-order chi connectivity index (χ0) is 25.3. The molecule has 186 valence electrons. The van der Waals surface area contributed by atoms with Gasteiger partial charge in [0.05, 0.1) is 11.4 Å². The fourth-order valence-electron chi connectivity index (χ4n) is 3.47. The first kappa shape index (κ1) is 27.8. The van der Waals surface area contributed by atoms with Gasteiger partial charge in [-0.2, -0.15) is 4.31 Å². The molecule has 2 aromatic carbocycles. The van der Waals surface area contributed by atoms with Crippen LogP contribution in [-0.2, 0) is 26.2 Å². The molecule has 34 heavy (non-hydrogen) atoms. The summed E-state index contributed by atoms with van der Waals surface area (Å²) in [4.78, 5) is 27.9. The lowest BCUT2D eigenvalue weighted by Crippen LogP contribution is -2.51. The molecule has 0 aliphatic heterocycles. The summed E-state index contributed by atoms with van der Waals surface area (Å²) in [5, 5.41) is 3.32. The lowest BCUT2D eigenvalue weighted by atomic mass is 10.1. The number of nitrogens with one attached hydrogen (secondary N) is 1. The van der Waals surface area contributed by atoms with Crippen LogP contribution in [0.2, 0.25) is 5.02 Å². The van der Waals surface area contributed by atoms with Crippen LogP contribution in [0.4, 0.5) is 0 Å². The van der Waals surface area contributed by atoms with E-state index in [1.807, 2.05) is 45.0 Å². The van der Waals surface area contributed by atoms with Gasteiger partial charge in [-0.1, -0.05) is 61.7 Å². The van der Waals surface area contributed by atoms with Gasteiger partial charge in [0.15, 0.2) is 0 Å². The summed E-state index contributed by atoms with van der Waals surface area (Å²) < 4.78 is 27.0. The number of unbranched alkanes of at least 4 members (excludes halogenated alkanes) is 1. The lowest BCUT2D eigenvalue weighted by Gasteiger charge is -2.32. The Kier molecular flexibility index (Phi) is 10.5. The minimum atomic E-state index is -3.91. The van der Waals surface area contributed by atoms with Crippen LogP contribution in [0, 0.1) is 6.92 Å².